The van der Waals surface area contributed by atoms with Gasteiger partial charge in [0.15, 0.2) is 0 Å². The molecule has 1 atom stereocenters. The highest BCUT2D eigenvalue weighted by atomic mass is 35.5. The normalized spacial score (nSPS) is 17.7. The van der Waals surface area contributed by atoms with E-state index in [0.29, 0.717) is 17.5 Å². The summed E-state index contributed by atoms with van der Waals surface area (Å²) in [4.78, 5) is 14.3. The van der Waals surface area contributed by atoms with E-state index in [2.05, 4.69) is 17.1 Å². The number of carbonyl (C=O) groups excluding carboxylic acids is 1. The van der Waals surface area contributed by atoms with Crippen LogP contribution in [0.2, 0.25) is 5.02 Å². The second-order valence-electron chi connectivity index (χ2n) is 4.85. The fourth-order valence-electron chi connectivity index (χ4n) is 2.33. The van der Waals surface area contributed by atoms with Gasteiger partial charge >= 0.3 is 0 Å². The number of nitrogens with zero attached hydrogens (tertiary/aromatic N) is 1. The zero-order valence-electron chi connectivity index (χ0n) is 10.7. The minimum Gasteiger partial charge on any atom is -0.326 e. The van der Waals surface area contributed by atoms with E-state index in [-0.39, 0.29) is 5.91 Å². The summed E-state index contributed by atoms with van der Waals surface area (Å²) in [6.45, 7) is 4.36. The van der Waals surface area contributed by atoms with Crippen LogP contribution in [-0.2, 0) is 4.79 Å². The number of halogens is 1. The Balaban J connectivity index is 1.82. The average molecular weight is 267 g/mol. The molecular formula is C14H19ClN2O. The highest BCUT2D eigenvalue weighted by molar-refractivity contribution is 6.30. The van der Waals surface area contributed by atoms with Crippen molar-refractivity contribution in [3.63, 3.8) is 0 Å². The Morgan fingerprint density at radius 2 is 1.94 bits per heavy atom. The van der Waals surface area contributed by atoms with Gasteiger partial charge in [-0.15, -0.1) is 0 Å². The van der Waals surface area contributed by atoms with E-state index < -0.39 is 0 Å². The van der Waals surface area contributed by atoms with Gasteiger partial charge in [0.2, 0.25) is 5.91 Å². The van der Waals surface area contributed by atoms with Crippen LogP contribution in [0.15, 0.2) is 24.3 Å². The molecule has 1 saturated heterocycles. The zero-order valence-corrected chi connectivity index (χ0v) is 11.4. The minimum absolute atomic E-state index is 0.0664. The molecule has 2 rings (SSSR count). The summed E-state index contributed by atoms with van der Waals surface area (Å²) in [5.74, 6) is 0.0664. The number of benzene rings is 1. The largest absolute Gasteiger partial charge is 0.326 e. The second-order valence-corrected chi connectivity index (χ2v) is 5.29. The molecule has 0 bridgehead atoms. The average Bonchev–Trinajstić information content (AvgIpc) is 2.85. The second kappa shape index (κ2) is 6.21. The molecule has 1 aliphatic heterocycles. The third kappa shape index (κ3) is 3.72. The first-order chi connectivity index (χ1) is 8.65. The standard InChI is InChI=1S/C14H19ClN2O/c1-11(17-8-2-3-9-17)10-14(18)16-13-6-4-12(15)5-7-13/h4-7,11H,2-3,8-10H2,1H3,(H,16,18)/t11-/m0/s1. The molecule has 1 aromatic carbocycles. The highest BCUT2D eigenvalue weighted by Crippen LogP contribution is 2.16. The van der Waals surface area contributed by atoms with Crippen LogP contribution in [0.3, 0.4) is 0 Å². The molecule has 98 valence electrons. The maximum Gasteiger partial charge on any atom is 0.225 e. The molecule has 0 spiro atoms. The maximum atomic E-state index is 11.9. The smallest absolute Gasteiger partial charge is 0.225 e. The number of amides is 1. The summed E-state index contributed by atoms with van der Waals surface area (Å²) in [6, 6.07) is 7.52. The molecule has 1 aromatic rings. The minimum atomic E-state index is 0.0664. The molecule has 0 aliphatic carbocycles. The third-order valence-electron chi connectivity index (χ3n) is 3.37. The summed E-state index contributed by atoms with van der Waals surface area (Å²) in [5, 5.41) is 3.58. The van der Waals surface area contributed by atoms with Gasteiger partial charge in [-0.25, -0.2) is 0 Å². The van der Waals surface area contributed by atoms with Gasteiger partial charge < -0.3 is 10.2 Å². The van der Waals surface area contributed by atoms with Crippen LogP contribution in [0.5, 0.6) is 0 Å². The van der Waals surface area contributed by atoms with Crippen molar-refractivity contribution in [2.24, 2.45) is 0 Å². The Morgan fingerprint density at radius 1 is 1.33 bits per heavy atom. The number of likely N-dealkylation sites (tertiary alicyclic amines) is 1. The number of anilines is 1. The zero-order chi connectivity index (χ0) is 13.0. The van der Waals surface area contributed by atoms with Gasteiger partial charge in [-0.05, 0) is 57.1 Å². The van der Waals surface area contributed by atoms with Gasteiger partial charge in [-0.1, -0.05) is 11.6 Å². The van der Waals surface area contributed by atoms with E-state index in [1.807, 2.05) is 12.1 Å². The summed E-state index contributed by atoms with van der Waals surface area (Å²) >= 11 is 5.80. The topological polar surface area (TPSA) is 32.3 Å². The van der Waals surface area contributed by atoms with Crippen molar-refractivity contribution in [2.45, 2.75) is 32.2 Å². The molecule has 0 aromatic heterocycles. The van der Waals surface area contributed by atoms with E-state index in [0.717, 1.165) is 18.8 Å². The van der Waals surface area contributed by atoms with Crippen molar-refractivity contribution >= 4 is 23.2 Å². The third-order valence-corrected chi connectivity index (χ3v) is 3.62. The fraction of sp³-hybridized carbons (Fsp3) is 0.500. The number of rotatable bonds is 4. The van der Waals surface area contributed by atoms with Gasteiger partial charge in [-0.2, -0.15) is 0 Å². The summed E-state index contributed by atoms with van der Waals surface area (Å²) < 4.78 is 0. The SMILES string of the molecule is C[C@@H](CC(=O)Nc1ccc(Cl)cc1)N1CCCC1. The lowest BCUT2D eigenvalue weighted by molar-refractivity contribution is -0.117. The molecular weight excluding hydrogens is 248 g/mol. The quantitative estimate of drug-likeness (QED) is 0.908. The van der Waals surface area contributed by atoms with Crippen molar-refractivity contribution in [3.05, 3.63) is 29.3 Å². The molecule has 1 amide bonds. The summed E-state index contributed by atoms with van der Waals surface area (Å²) in [6.07, 6.45) is 3.05. The Labute approximate surface area is 113 Å². The fourth-order valence-corrected chi connectivity index (χ4v) is 2.45. The lowest BCUT2D eigenvalue weighted by atomic mass is 10.2. The molecule has 18 heavy (non-hydrogen) atoms. The van der Waals surface area contributed by atoms with Crippen molar-refractivity contribution in [2.75, 3.05) is 18.4 Å². The van der Waals surface area contributed by atoms with Crippen LogP contribution >= 0.6 is 11.6 Å². The van der Waals surface area contributed by atoms with Gasteiger partial charge in [0.05, 0.1) is 0 Å². The highest BCUT2D eigenvalue weighted by Gasteiger charge is 2.20. The van der Waals surface area contributed by atoms with Crippen LogP contribution in [0, 0.1) is 0 Å². The van der Waals surface area contributed by atoms with E-state index in [9.17, 15) is 4.79 Å². The van der Waals surface area contributed by atoms with Crippen molar-refractivity contribution in [1.82, 2.24) is 4.90 Å². The van der Waals surface area contributed by atoms with Crippen LogP contribution in [0.25, 0.3) is 0 Å². The Hall–Kier alpha value is -1.06. The molecule has 0 radical (unpaired) electrons. The van der Waals surface area contributed by atoms with Gasteiger partial charge in [0.1, 0.15) is 0 Å². The van der Waals surface area contributed by atoms with Gasteiger partial charge in [0.25, 0.3) is 0 Å². The monoisotopic (exact) mass is 266 g/mol. The predicted molar refractivity (Wildman–Crippen MR) is 75.0 cm³/mol. The number of carbonyl (C=O) groups is 1. The van der Waals surface area contributed by atoms with E-state index in [1.54, 1.807) is 12.1 Å². The van der Waals surface area contributed by atoms with E-state index >= 15 is 0 Å². The first-order valence-corrected chi connectivity index (χ1v) is 6.82. The number of nitrogens with one attached hydrogen (secondary N) is 1. The Morgan fingerprint density at radius 3 is 2.56 bits per heavy atom. The molecule has 1 N–H and O–H groups in total. The molecule has 1 fully saturated rings. The number of hydrogen-bond acceptors (Lipinski definition) is 2. The van der Waals surface area contributed by atoms with Crippen molar-refractivity contribution < 1.29 is 4.79 Å². The van der Waals surface area contributed by atoms with E-state index in [1.165, 1.54) is 12.8 Å². The molecule has 0 unspecified atom stereocenters. The van der Waals surface area contributed by atoms with E-state index in [4.69, 9.17) is 11.6 Å². The molecule has 1 aliphatic rings. The lowest BCUT2D eigenvalue weighted by Crippen LogP contribution is -2.33. The van der Waals surface area contributed by atoms with Crippen molar-refractivity contribution in [3.8, 4) is 0 Å². The summed E-state index contributed by atoms with van der Waals surface area (Å²) in [7, 11) is 0. The van der Waals surface area contributed by atoms with Crippen molar-refractivity contribution in [1.29, 1.82) is 0 Å². The van der Waals surface area contributed by atoms with Crippen LogP contribution in [0.1, 0.15) is 26.2 Å². The van der Waals surface area contributed by atoms with Crippen LogP contribution in [0.4, 0.5) is 5.69 Å². The van der Waals surface area contributed by atoms with Gasteiger partial charge in [0, 0.05) is 23.2 Å². The Bertz CT molecular complexity index is 399. The predicted octanol–water partition coefficient (Wildman–Crippen LogP) is 3.15. The first kappa shape index (κ1) is 13.4. The molecule has 0 saturated carbocycles. The Kier molecular flexibility index (Phi) is 4.61. The van der Waals surface area contributed by atoms with Gasteiger partial charge in [-0.3, -0.25) is 4.79 Å². The molecule has 3 nitrogen and oxygen atoms in total. The van der Waals surface area contributed by atoms with Crippen LogP contribution in [-0.4, -0.2) is 29.9 Å². The summed E-state index contributed by atoms with van der Waals surface area (Å²) in [5.41, 5.74) is 0.804. The lowest BCUT2D eigenvalue weighted by Gasteiger charge is -2.23. The number of hydrogen-bond donors (Lipinski definition) is 1. The molecule has 4 heteroatoms. The maximum absolute atomic E-state index is 11.9. The van der Waals surface area contributed by atoms with Crippen LogP contribution < -0.4 is 5.32 Å². The molecule has 1 heterocycles. The first-order valence-electron chi connectivity index (χ1n) is 6.44.